The van der Waals surface area contributed by atoms with Gasteiger partial charge in [-0.1, -0.05) is 57.4 Å². The molecule has 106 valence electrons. The molecular weight excluding hydrogens is 254 g/mol. The predicted octanol–water partition coefficient (Wildman–Crippen LogP) is 5.87. The molecule has 0 amide bonds. The van der Waals surface area contributed by atoms with Crippen LogP contribution in [-0.2, 0) is 0 Å². The van der Waals surface area contributed by atoms with Crippen molar-refractivity contribution in [2.24, 2.45) is 0 Å². The smallest absolute Gasteiger partial charge is 0.0168 e. The molecule has 2 heterocycles. The third-order valence-corrected chi connectivity index (χ3v) is 13.8. The molecule has 0 aromatic carbocycles. The van der Waals surface area contributed by atoms with Gasteiger partial charge in [0.15, 0.2) is 0 Å². The first-order valence-corrected chi connectivity index (χ1v) is 11.1. The topological polar surface area (TPSA) is 0 Å². The fourth-order valence-corrected chi connectivity index (χ4v) is 13.2. The lowest BCUT2D eigenvalue weighted by Gasteiger charge is -2.38. The lowest BCUT2D eigenvalue weighted by atomic mass is 10.2. The van der Waals surface area contributed by atoms with E-state index in [2.05, 4.69) is 41.5 Å². The van der Waals surface area contributed by atoms with Gasteiger partial charge in [0, 0.05) is 0 Å². The van der Waals surface area contributed by atoms with Gasteiger partial charge < -0.3 is 0 Å². The molecule has 2 aliphatic heterocycles. The van der Waals surface area contributed by atoms with Gasteiger partial charge in [-0.2, -0.15) is 0 Å². The maximum absolute atomic E-state index is 2.61. The Hall–Kier alpha value is 0.860. The first kappa shape index (κ1) is 15.3. The van der Waals surface area contributed by atoms with Gasteiger partial charge in [0.05, 0.1) is 0 Å². The summed E-state index contributed by atoms with van der Waals surface area (Å²) in [5.41, 5.74) is 6.18. The van der Waals surface area contributed by atoms with E-state index in [0.717, 1.165) is 34.0 Å². The van der Waals surface area contributed by atoms with Crippen LogP contribution in [0.25, 0.3) is 0 Å². The van der Waals surface area contributed by atoms with Gasteiger partial charge >= 0.3 is 0 Å². The molecule has 6 atom stereocenters. The minimum absolute atomic E-state index is 0.294. The molecule has 0 radical (unpaired) electrons. The minimum atomic E-state index is 0.294. The van der Waals surface area contributed by atoms with E-state index in [9.17, 15) is 0 Å². The molecular formula is C16H32P2. The summed E-state index contributed by atoms with van der Waals surface area (Å²) in [5.74, 6) is 0. The third kappa shape index (κ3) is 2.81. The van der Waals surface area contributed by atoms with E-state index in [4.69, 9.17) is 0 Å². The molecule has 18 heavy (non-hydrogen) atoms. The zero-order valence-corrected chi connectivity index (χ0v) is 15.0. The Labute approximate surface area is 117 Å². The summed E-state index contributed by atoms with van der Waals surface area (Å²) in [5, 5.41) is 0. The van der Waals surface area contributed by atoms with Gasteiger partial charge in [0.1, 0.15) is 0 Å². The summed E-state index contributed by atoms with van der Waals surface area (Å²) in [6.45, 7) is 15.4. The molecule has 2 aliphatic rings. The highest BCUT2D eigenvalue weighted by molar-refractivity contribution is 7.64. The second-order valence-electron chi connectivity index (χ2n) is 6.93. The van der Waals surface area contributed by atoms with E-state index in [0.29, 0.717) is 15.8 Å². The first-order chi connectivity index (χ1) is 8.43. The Morgan fingerprint density at radius 1 is 0.611 bits per heavy atom. The molecule has 0 bridgehead atoms. The lowest BCUT2D eigenvalue weighted by molar-refractivity contribution is 0.777. The molecule has 0 aliphatic carbocycles. The molecule has 2 saturated heterocycles. The number of hydrogen-bond donors (Lipinski definition) is 0. The van der Waals surface area contributed by atoms with Crippen LogP contribution in [0.5, 0.6) is 0 Å². The highest BCUT2D eigenvalue weighted by Gasteiger charge is 2.41. The van der Waals surface area contributed by atoms with E-state index in [1.54, 1.807) is 0 Å². The monoisotopic (exact) mass is 286 g/mol. The minimum Gasteiger partial charge on any atom is -0.0974 e. The van der Waals surface area contributed by atoms with Crippen molar-refractivity contribution < 1.29 is 0 Å². The van der Waals surface area contributed by atoms with Gasteiger partial charge in [-0.05, 0) is 59.6 Å². The standard InChI is InChI=1S/C16H32P2/c1-11-7-8-12(2)17(11)15(5)16(6)18-13(3)9-10-14(18)4/h11-16H,7-10H2,1-6H3/t11-,12-,13-,14-,15?,16?/m1/s1. The second kappa shape index (κ2) is 6.10. The highest BCUT2D eigenvalue weighted by atomic mass is 31.1. The maximum Gasteiger partial charge on any atom is -0.0168 e. The highest BCUT2D eigenvalue weighted by Crippen LogP contribution is 2.67. The van der Waals surface area contributed by atoms with Crippen molar-refractivity contribution in [3.05, 3.63) is 0 Å². The van der Waals surface area contributed by atoms with Crippen molar-refractivity contribution in [3.63, 3.8) is 0 Å². The van der Waals surface area contributed by atoms with Gasteiger partial charge in [-0.3, -0.25) is 0 Å². The fraction of sp³-hybridized carbons (Fsp3) is 1.00. The van der Waals surface area contributed by atoms with Crippen LogP contribution >= 0.6 is 15.8 Å². The van der Waals surface area contributed by atoms with Crippen LogP contribution in [0.15, 0.2) is 0 Å². The van der Waals surface area contributed by atoms with Crippen LogP contribution < -0.4 is 0 Å². The van der Waals surface area contributed by atoms with Crippen LogP contribution in [0, 0.1) is 0 Å². The van der Waals surface area contributed by atoms with Crippen LogP contribution in [0.3, 0.4) is 0 Å². The van der Waals surface area contributed by atoms with E-state index in [-0.39, 0.29) is 0 Å². The van der Waals surface area contributed by atoms with E-state index in [1.165, 1.54) is 25.7 Å². The molecule has 0 nitrogen and oxygen atoms in total. The Balaban J connectivity index is 2.06. The summed E-state index contributed by atoms with van der Waals surface area (Å²) in [6.07, 6.45) is 6.03. The molecule has 0 saturated carbocycles. The van der Waals surface area contributed by atoms with Crippen molar-refractivity contribution in [2.75, 3.05) is 0 Å². The Morgan fingerprint density at radius 3 is 1.06 bits per heavy atom. The molecule has 0 N–H and O–H groups in total. The lowest BCUT2D eigenvalue weighted by Crippen LogP contribution is -2.25. The van der Waals surface area contributed by atoms with E-state index in [1.807, 2.05) is 0 Å². The number of hydrogen-bond acceptors (Lipinski definition) is 0. The molecule has 2 heteroatoms. The summed E-state index contributed by atoms with van der Waals surface area (Å²) in [7, 11) is 0.588. The molecule has 2 fully saturated rings. The van der Waals surface area contributed by atoms with Gasteiger partial charge in [0.25, 0.3) is 0 Å². The fourth-order valence-electron chi connectivity index (χ4n) is 4.53. The van der Waals surface area contributed by atoms with Gasteiger partial charge in [0.2, 0.25) is 0 Å². The van der Waals surface area contributed by atoms with Crippen LogP contribution in [-0.4, -0.2) is 34.0 Å². The maximum atomic E-state index is 2.61. The summed E-state index contributed by atoms with van der Waals surface area (Å²) in [4.78, 5) is 0. The molecule has 0 spiro atoms. The normalized spacial score (nSPS) is 42.3. The SMILES string of the molecule is CC(C(C)P1[C@H](C)CC[C@H]1C)P1[C@H](C)CC[C@H]1C. The van der Waals surface area contributed by atoms with E-state index < -0.39 is 0 Å². The van der Waals surface area contributed by atoms with E-state index >= 15 is 0 Å². The average Bonchev–Trinajstić information content (AvgIpc) is 2.81. The van der Waals surface area contributed by atoms with Crippen LogP contribution in [0.4, 0.5) is 0 Å². The summed E-state index contributed by atoms with van der Waals surface area (Å²) < 4.78 is 0. The Kier molecular flexibility index (Phi) is 5.17. The second-order valence-corrected chi connectivity index (χ2v) is 13.9. The van der Waals surface area contributed by atoms with Gasteiger partial charge in [-0.25, -0.2) is 0 Å². The summed E-state index contributed by atoms with van der Waals surface area (Å²) >= 11 is 0. The largest absolute Gasteiger partial charge is 0.0974 e. The van der Waals surface area contributed by atoms with Crippen LogP contribution in [0.1, 0.15) is 67.2 Å². The van der Waals surface area contributed by atoms with Crippen molar-refractivity contribution in [2.45, 2.75) is 101 Å². The first-order valence-electron chi connectivity index (χ1n) is 7.98. The average molecular weight is 286 g/mol. The van der Waals surface area contributed by atoms with Crippen molar-refractivity contribution in [1.82, 2.24) is 0 Å². The third-order valence-electron chi connectivity index (χ3n) is 5.68. The number of rotatable bonds is 3. The Bertz CT molecular complexity index is 230. The van der Waals surface area contributed by atoms with Crippen molar-refractivity contribution in [3.8, 4) is 0 Å². The zero-order valence-electron chi connectivity index (χ0n) is 13.2. The predicted molar refractivity (Wildman–Crippen MR) is 89.1 cm³/mol. The quantitative estimate of drug-likeness (QED) is 0.569. The molecule has 0 aromatic rings. The van der Waals surface area contributed by atoms with Crippen molar-refractivity contribution in [1.29, 1.82) is 0 Å². The van der Waals surface area contributed by atoms with Crippen molar-refractivity contribution >= 4 is 15.8 Å². The zero-order chi connectivity index (χ0) is 13.4. The van der Waals surface area contributed by atoms with Gasteiger partial charge in [-0.15, -0.1) is 0 Å². The summed E-state index contributed by atoms with van der Waals surface area (Å²) in [6, 6.07) is 0. The Morgan fingerprint density at radius 2 is 0.833 bits per heavy atom. The molecule has 2 rings (SSSR count). The molecule has 0 aromatic heterocycles. The van der Waals surface area contributed by atoms with Crippen LogP contribution in [0.2, 0.25) is 0 Å². The molecule has 2 unspecified atom stereocenters.